The Morgan fingerprint density at radius 3 is 2.47 bits per heavy atom. The molecule has 4 aliphatic carbocycles. The molecule has 8 nitrogen and oxygen atoms in total. The summed E-state index contributed by atoms with van der Waals surface area (Å²) in [5.74, 6) is 1.39. The number of aliphatic hydroxyl groups is 5. The normalized spacial score (nSPS) is 54.9. The number of hydrogen-bond acceptors (Lipinski definition) is 8. The Labute approximate surface area is 213 Å². The van der Waals surface area contributed by atoms with E-state index >= 15 is 0 Å². The molecule has 0 aromatic rings. The van der Waals surface area contributed by atoms with Gasteiger partial charge in [0.2, 0.25) is 0 Å². The Bertz CT molecular complexity index is 890. The van der Waals surface area contributed by atoms with Crippen molar-refractivity contribution in [1.82, 2.24) is 0 Å². The molecule has 4 saturated carbocycles. The summed E-state index contributed by atoms with van der Waals surface area (Å²) in [6.45, 7) is 4.17. The van der Waals surface area contributed by atoms with Crippen molar-refractivity contribution in [2.75, 3.05) is 6.61 Å². The zero-order chi connectivity index (χ0) is 25.9. The Hall–Kier alpha value is -1.05. The van der Waals surface area contributed by atoms with Crippen LogP contribution >= 0.6 is 0 Å². The molecule has 13 atom stereocenters. The summed E-state index contributed by atoms with van der Waals surface area (Å²) < 4.78 is 11.7. The molecule has 1 heterocycles. The van der Waals surface area contributed by atoms with Crippen LogP contribution in [0.4, 0.5) is 0 Å². The zero-order valence-corrected chi connectivity index (χ0v) is 21.5. The third-order valence-corrected chi connectivity index (χ3v) is 11.5. The number of ether oxygens (including phenoxy) is 2. The summed E-state index contributed by atoms with van der Waals surface area (Å²) in [6, 6.07) is 2.13. The smallest absolute Gasteiger partial charge is 0.186 e. The van der Waals surface area contributed by atoms with E-state index in [1.807, 2.05) is 6.08 Å². The average Bonchev–Trinajstić information content (AvgIpc) is 3.13. The second-order valence-corrected chi connectivity index (χ2v) is 12.7. The van der Waals surface area contributed by atoms with Crippen molar-refractivity contribution < 1.29 is 35.0 Å². The predicted octanol–water partition coefficient (Wildman–Crippen LogP) is 2.03. The van der Waals surface area contributed by atoms with Gasteiger partial charge in [-0.1, -0.05) is 19.9 Å². The monoisotopic (exact) mass is 505 g/mol. The molecule has 1 aliphatic heterocycles. The lowest BCUT2D eigenvalue weighted by Gasteiger charge is -2.63. The van der Waals surface area contributed by atoms with Crippen molar-refractivity contribution >= 4 is 0 Å². The summed E-state index contributed by atoms with van der Waals surface area (Å²) in [5.41, 5.74) is -0.776. The molecule has 0 amide bonds. The van der Waals surface area contributed by atoms with Crippen molar-refractivity contribution in [3.05, 3.63) is 12.2 Å². The molecule has 202 valence electrons. The number of nitriles is 1. The molecule has 0 radical (unpaired) electrons. The van der Waals surface area contributed by atoms with Crippen LogP contribution in [0, 0.1) is 45.8 Å². The van der Waals surface area contributed by atoms with Gasteiger partial charge in [0.05, 0.1) is 24.4 Å². The fraction of sp³-hybridized carbons (Fsp3) is 0.893. The summed E-state index contributed by atoms with van der Waals surface area (Å²) in [6.07, 6.45) is 5.63. The SMILES string of the molecule is CC12CCC(OC3OC(CO)C(O)C(O)C3O)CC1CCC1C2CCC2(C)C(/C=C/C#N)CCC12O. The molecule has 0 spiro atoms. The molecular formula is C28H43NO7. The standard InChI is InChI=1S/C28H43NO7/c1-26-10-8-18(35-25-24(33)23(32)22(31)21(15-30)36-25)14-17(26)5-6-20-19(26)9-11-27(2)16(4-3-13-29)7-12-28(20,27)34/h3-4,16-25,30-34H,5-12,14-15H2,1-2H3/b4-3+. The molecule has 0 aromatic carbocycles. The average molecular weight is 506 g/mol. The van der Waals surface area contributed by atoms with E-state index in [9.17, 15) is 25.5 Å². The second-order valence-electron chi connectivity index (χ2n) is 12.7. The van der Waals surface area contributed by atoms with Crippen molar-refractivity contribution in [2.45, 2.75) is 114 Å². The van der Waals surface area contributed by atoms with Crippen LogP contribution in [-0.4, -0.2) is 74.6 Å². The van der Waals surface area contributed by atoms with E-state index in [4.69, 9.17) is 14.7 Å². The topological polar surface area (TPSA) is 143 Å². The highest BCUT2D eigenvalue weighted by Crippen LogP contribution is 2.69. The Kier molecular flexibility index (Phi) is 7.08. The lowest BCUT2D eigenvalue weighted by Crippen LogP contribution is -2.62. The Balaban J connectivity index is 1.28. The lowest BCUT2D eigenvalue weighted by molar-refractivity contribution is -0.317. The molecule has 5 N–H and O–H groups in total. The first-order chi connectivity index (χ1) is 17.1. The van der Waals surface area contributed by atoms with E-state index in [0.29, 0.717) is 11.8 Å². The number of allylic oxidation sites excluding steroid dienone is 2. The summed E-state index contributed by atoms with van der Waals surface area (Å²) in [7, 11) is 0. The van der Waals surface area contributed by atoms with Crippen LogP contribution in [0.25, 0.3) is 0 Å². The highest BCUT2D eigenvalue weighted by molar-refractivity contribution is 5.21. The van der Waals surface area contributed by atoms with Gasteiger partial charge in [0, 0.05) is 11.5 Å². The van der Waals surface area contributed by atoms with Crippen molar-refractivity contribution in [2.24, 2.45) is 34.5 Å². The molecular weight excluding hydrogens is 462 g/mol. The van der Waals surface area contributed by atoms with E-state index in [1.165, 1.54) is 0 Å². The third-order valence-electron chi connectivity index (χ3n) is 11.5. The van der Waals surface area contributed by atoms with Crippen molar-refractivity contribution in [1.29, 1.82) is 5.26 Å². The minimum Gasteiger partial charge on any atom is -0.394 e. The molecule has 36 heavy (non-hydrogen) atoms. The lowest BCUT2D eigenvalue weighted by atomic mass is 9.43. The van der Waals surface area contributed by atoms with E-state index in [0.717, 1.165) is 57.8 Å². The number of rotatable bonds is 4. The van der Waals surface area contributed by atoms with Crippen molar-refractivity contribution in [3.63, 3.8) is 0 Å². The van der Waals surface area contributed by atoms with Gasteiger partial charge >= 0.3 is 0 Å². The Morgan fingerprint density at radius 1 is 0.972 bits per heavy atom. The van der Waals surface area contributed by atoms with Gasteiger partial charge in [0.25, 0.3) is 0 Å². The fourth-order valence-electron chi connectivity index (χ4n) is 9.19. The van der Waals surface area contributed by atoms with Gasteiger partial charge in [-0.2, -0.15) is 5.26 Å². The first kappa shape index (κ1) is 26.6. The molecule has 0 bridgehead atoms. The molecule has 13 unspecified atom stereocenters. The third kappa shape index (κ3) is 3.89. The highest BCUT2D eigenvalue weighted by Gasteiger charge is 2.66. The van der Waals surface area contributed by atoms with E-state index in [2.05, 4.69) is 19.9 Å². The van der Waals surface area contributed by atoms with Crippen LogP contribution in [0.1, 0.15) is 71.6 Å². The summed E-state index contributed by atoms with van der Waals surface area (Å²) in [5, 5.41) is 61.3. The highest BCUT2D eigenvalue weighted by atomic mass is 16.7. The Morgan fingerprint density at radius 2 is 1.75 bits per heavy atom. The maximum Gasteiger partial charge on any atom is 0.186 e. The number of hydrogen-bond donors (Lipinski definition) is 5. The number of aliphatic hydroxyl groups excluding tert-OH is 4. The van der Waals surface area contributed by atoms with Gasteiger partial charge < -0.3 is 35.0 Å². The molecule has 5 aliphatic rings. The van der Waals surface area contributed by atoms with Crippen molar-refractivity contribution in [3.8, 4) is 6.07 Å². The second kappa shape index (κ2) is 9.60. The summed E-state index contributed by atoms with van der Waals surface area (Å²) in [4.78, 5) is 0. The van der Waals surface area contributed by atoms with Gasteiger partial charge in [0.1, 0.15) is 24.4 Å². The summed E-state index contributed by atoms with van der Waals surface area (Å²) >= 11 is 0. The van der Waals surface area contributed by atoms with Crippen LogP contribution in [0.2, 0.25) is 0 Å². The van der Waals surface area contributed by atoms with Crippen LogP contribution < -0.4 is 0 Å². The molecule has 5 fully saturated rings. The van der Waals surface area contributed by atoms with Gasteiger partial charge in [-0.15, -0.1) is 0 Å². The quantitative estimate of drug-likeness (QED) is 0.288. The van der Waals surface area contributed by atoms with Gasteiger partial charge in [-0.3, -0.25) is 0 Å². The van der Waals surface area contributed by atoms with E-state index in [-0.39, 0.29) is 28.8 Å². The van der Waals surface area contributed by atoms with Gasteiger partial charge in [-0.05, 0) is 86.9 Å². The van der Waals surface area contributed by atoms with Crippen LogP contribution in [0.5, 0.6) is 0 Å². The van der Waals surface area contributed by atoms with Gasteiger partial charge in [0.15, 0.2) is 6.29 Å². The minimum absolute atomic E-state index is 0.107. The van der Waals surface area contributed by atoms with Gasteiger partial charge in [-0.25, -0.2) is 0 Å². The first-order valence-electron chi connectivity index (χ1n) is 13.8. The number of nitrogens with zero attached hydrogens (tertiary/aromatic N) is 1. The zero-order valence-electron chi connectivity index (χ0n) is 21.5. The molecule has 5 rings (SSSR count). The largest absolute Gasteiger partial charge is 0.394 e. The molecule has 0 aromatic heterocycles. The van der Waals surface area contributed by atoms with E-state index in [1.54, 1.807) is 6.08 Å². The number of fused-ring (bicyclic) bond motifs is 5. The fourth-order valence-corrected chi connectivity index (χ4v) is 9.19. The van der Waals surface area contributed by atoms with Crippen LogP contribution in [0.15, 0.2) is 12.2 Å². The first-order valence-corrected chi connectivity index (χ1v) is 13.8. The molecule has 8 heteroatoms. The maximum absolute atomic E-state index is 12.2. The minimum atomic E-state index is -1.43. The van der Waals surface area contributed by atoms with E-state index < -0.39 is 42.9 Å². The van der Waals surface area contributed by atoms with Crippen LogP contribution in [-0.2, 0) is 9.47 Å². The molecule has 1 saturated heterocycles. The maximum atomic E-state index is 12.2. The van der Waals surface area contributed by atoms with Crippen LogP contribution in [0.3, 0.4) is 0 Å². The predicted molar refractivity (Wildman–Crippen MR) is 130 cm³/mol.